The van der Waals surface area contributed by atoms with Crippen molar-refractivity contribution in [1.29, 1.82) is 0 Å². The van der Waals surface area contributed by atoms with Crippen molar-refractivity contribution in [2.75, 3.05) is 17.7 Å². The number of halogens is 2. The fourth-order valence-electron chi connectivity index (χ4n) is 1.91. The van der Waals surface area contributed by atoms with Gasteiger partial charge in [-0.3, -0.25) is 9.59 Å². The van der Waals surface area contributed by atoms with E-state index in [2.05, 4.69) is 10.5 Å². The molecule has 9 heteroatoms. The number of ether oxygens (including phenoxy) is 1. The van der Waals surface area contributed by atoms with Crippen LogP contribution >= 0.6 is 35.0 Å². The lowest BCUT2D eigenvalue weighted by molar-refractivity contribution is -0.144. The standard InChI is InChI=1S/C16H16Cl2N2O4S/c1-9-12(10(2)24-20-9)7-25-8-16(22)23-6-15(21)19-14-5-11(17)3-4-13(14)18/h3-5H,6-8H2,1-2H3,(H,19,21). The molecule has 0 atom stereocenters. The highest BCUT2D eigenvalue weighted by atomic mass is 35.5. The first-order chi connectivity index (χ1) is 11.9. The van der Waals surface area contributed by atoms with Crippen molar-refractivity contribution in [1.82, 2.24) is 5.16 Å². The zero-order valence-electron chi connectivity index (χ0n) is 13.6. The van der Waals surface area contributed by atoms with E-state index < -0.39 is 18.5 Å². The van der Waals surface area contributed by atoms with Gasteiger partial charge in [-0.2, -0.15) is 0 Å². The Balaban J connectivity index is 1.72. The van der Waals surface area contributed by atoms with Gasteiger partial charge in [0.25, 0.3) is 5.91 Å². The number of carbonyl (C=O) groups excluding carboxylic acids is 2. The molecule has 1 N–H and O–H groups in total. The smallest absolute Gasteiger partial charge is 0.316 e. The molecule has 1 aromatic heterocycles. The molecule has 2 rings (SSSR count). The van der Waals surface area contributed by atoms with Crippen molar-refractivity contribution in [3.8, 4) is 0 Å². The van der Waals surface area contributed by atoms with Crippen molar-refractivity contribution in [2.45, 2.75) is 19.6 Å². The average Bonchev–Trinajstić information content (AvgIpc) is 2.88. The van der Waals surface area contributed by atoms with Crippen LogP contribution in [0.25, 0.3) is 0 Å². The third-order valence-electron chi connectivity index (χ3n) is 3.21. The molecule has 1 amide bonds. The van der Waals surface area contributed by atoms with Gasteiger partial charge in [0.2, 0.25) is 0 Å². The maximum atomic E-state index is 11.8. The van der Waals surface area contributed by atoms with Crippen molar-refractivity contribution in [3.63, 3.8) is 0 Å². The number of aryl methyl sites for hydroxylation is 2. The fraction of sp³-hybridized carbons (Fsp3) is 0.312. The Morgan fingerprint density at radius 3 is 2.76 bits per heavy atom. The maximum Gasteiger partial charge on any atom is 0.316 e. The Kier molecular flexibility index (Phi) is 7.16. The lowest BCUT2D eigenvalue weighted by Gasteiger charge is -2.08. The number of anilines is 1. The van der Waals surface area contributed by atoms with Gasteiger partial charge in [0, 0.05) is 16.3 Å². The lowest BCUT2D eigenvalue weighted by atomic mass is 10.2. The summed E-state index contributed by atoms with van der Waals surface area (Å²) in [5.74, 6) is 0.462. The minimum atomic E-state index is -0.492. The number of esters is 1. The quantitative estimate of drug-likeness (QED) is 0.704. The molecule has 0 aliphatic rings. The molecule has 0 unspecified atom stereocenters. The molecule has 0 bridgehead atoms. The number of hydrogen-bond acceptors (Lipinski definition) is 6. The van der Waals surface area contributed by atoms with Crippen LogP contribution in [0.3, 0.4) is 0 Å². The first-order valence-corrected chi connectivity index (χ1v) is 9.18. The second-order valence-corrected chi connectivity index (χ2v) is 6.96. The Labute approximate surface area is 159 Å². The molecule has 134 valence electrons. The van der Waals surface area contributed by atoms with E-state index in [1.807, 2.05) is 13.8 Å². The van der Waals surface area contributed by atoms with Gasteiger partial charge in [-0.15, -0.1) is 11.8 Å². The molecular formula is C16H16Cl2N2O4S. The SMILES string of the molecule is Cc1noc(C)c1CSCC(=O)OCC(=O)Nc1cc(Cl)ccc1Cl. The highest BCUT2D eigenvalue weighted by Gasteiger charge is 2.12. The molecule has 0 saturated heterocycles. The highest BCUT2D eigenvalue weighted by Crippen LogP contribution is 2.25. The summed E-state index contributed by atoms with van der Waals surface area (Å²) in [6.45, 7) is 3.27. The third-order valence-corrected chi connectivity index (χ3v) is 4.71. The van der Waals surface area contributed by atoms with Crippen LogP contribution in [0.4, 0.5) is 5.69 Å². The fourth-order valence-corrected chi connectivity index (χ4v) is 3.22. The number of thioether (sulfide) groups is 1. The van der Waals surface area contributed by atoms with E-state index in [4.69, 9.17) is 32.5 Å². The second-order valence-electron chi connectivity index (χ2n) is 5.13. The highest BCUT2D eigenvalue weighted by molar-refractivity contribution is 7.99. The Bertz CT molecular complexity index is 760. The summed E-state index contributed by atoms with van der Waals surface area (Å²) in [4.78, 5) is 23.5. The van der Waals surface area contributed by atoms with Gasteiger partial charge in [0.15, 0.2) is 6.61 Å². The molecule has 0 spiro atoms. The molecule has 0 saturated carbocycles. The van der Waals surface area contributed by atoms with Gasteiger partial charge in [0.05, 0.1) is 22.2 Å². The van der Waals surface area contributed by atoms with Gasteiger partial charge >= 0.3 is 5.97 Å². The van der Waals surface area contributed by atoms with E-state index in [1.54, 1.807) is 12.1 Å². The number of carbonyl (C=O) groups is 2. The summed E-state index contributed by atoms with van der Waals surface area (Å²) in [5.41, 5.74) is 2.13. The summed E-state index contributed by atoms with van der Waals surface area (Å²) in [5, 5.41) is 7.17. The Hall–Kier alpha value is -1.70. The van der Waals surface area contributed by atoms with E-state index in [9.17, 15) is 9.59 Å². The van der Waals surface area contributed by atoms with E-state index in [1.165, 1.54) is 17.8 Å². The molecule has 25 heavy (non-hydrogen) atoms. The first kappa shape index (κ1) is 19.6. The number of rotatable bonds is 7. The van der Waals surface area contributed by atoms with Crippen LogP contribution < -0.4 is 5.32 Å². The van der Waals surface area contributed by atoms with Crippen LogP contribution in [0.5, 0.6) is 0 Å². The van der Waals surface area contributed by atoms with Gasteiger partial charge in [0.1, 0.15) is 5.76 Å². The van der Waals surface area contributed by atoms with Crippen LogP contribution in [0.1, 0.15) is 17.0 Å². The van der Waals surface area contributed by atoms with E-state index >= 15 is 0 Å². The summed E-state index contributed by atoms with van der Waals surface area (Å²) in [6, 6.07) is 4.69. The first-order valence-electron chi connectivity index (χ1n) is 7.27. The minimum absolute atomic E-state index is 0.120. The minimum Gasteiger partial charge on any atom is -0.455 e. The number of benzene rings is 1. The third kappa shape index (κ3) is 5.95. The number of aromatic nitrogens is 1. The van der Waals surface area contributed by atoms with Gasteiger partial charge < -0.3 is 14.6 Å². The van der Waals surface area contributed by atoms with E-state index in [-0.39, 0.29) is 5.75 Å². The average molecular weight is 403 g/mol. The summed E-state index contributed by atoms with van der Waals surface area (Å²) in [7, 11) is 0. The molecule has 6 nitrogen and oxygen atoms in total. The van der Waals surface area contributed by atoms with Crippen molar-refractivity contribution in [2.24, 2.45) is 0 Å². The zero-order valence-corrected chi connectivity index (χ0v) is 15.9. The molecular weight excluding hydrogens is 387 g/mol. The number of nitrogens with zero attached hydrogens (tertiary/aromatic N) is 1. The van der Waals surface area contributed by atoms with E-state index in [0.29, 0.717) is 21.5 Å². The van der Waals surface area contributed by atoms with Crippen LogP contribution in [0, 0.1) is 13.8 Å². The Morgan fingerprint density at radius 2 is 2.08 bits per heavy atom. The monoisotopic (exact) mass is 402 g/mol. The number of hydrogen-bond donors (Lipinski definition) is 1. The van der Waals surface area contributed by atoms with E-state index in [0.717, 1.165) is 17.0 Å². The Morgan fingerprint density at radius 1 is 1.32 bits per heavy atom. The normalized spacial score (nSPS) is 10.6. The predicted octanol–water partition coefficient (Wildman–Crippen LogP) is 4.01. The lowest BCUT2D eigenvalue weighted by Crippen LogP contribution is -2.21. The summed E-state index contributed by atoms with van der Waals surface area (Å²) in [6.07, 6.45) is 0. The van der Waals surface area contributed by atoms with Crippen molar-refractivity contribution >= 4 is 52.5 Å². The topological polar surface area (TPSA) is 81.4 Å². The molecule has 1 aromatic carbocycles. The van der Waals surface area contributed by atoms with Crippen molar-refractivity contribution < 1.29 is 18.8 Å². The molecule has 0 aliphatic carbocycles. The van der Waals surface area contributed by atoms with Crippen LogP contribution in [-0.2, 0) is 20.1 Å². The van der Waals surface area contributed by atoms with Crippen LogP contribution in [-0.4, -0.2) is 29.4 Å². The largest absolute Gasteiger partial charge is 0.455 e. The zero-order chi connectivity index (χ0) is 18.4. The molecule has 0 aliphatic heterocycles. The predicted molar refractivity (Wildman–Crippen MR) is 98.2 cm³/mol. The van der Waals surface area contributed by atoms with Gasteiger partial charge in [-0.25, -0.2) is 0 Å². The summed E-state index contributed by atoms with van der Waals surface area (Å²) >= 11 is 13.2. The second kappa shape index (κ2) is 9.12. The summed E-state index contributed by atoms with van der Waals surface area (Å²) < 4.78 is 9.99. The number of nitrogens with one attached hydrogen (secondary N) is 1. The maximum absolute atomic E-state index is 11.8. The van der Waals surface area contributed by atoms with Crippen LogP contribution in [0.15, 0.2) is 22.7 Å². The molecule has 0 fully saturated rings. The van der Waals surface area contributed by atoms with Gasteiger partial charge in [-0.05, 0) is 32.0 Å². The number of amides is 1. The van der Waals surface area contributed by atoms with Crippen LogP contribution in [0.2, 0.25) is 10.0 Å². The van der Waals surface area contributed by atoms with Gasteiger partial charge in [-0.1, -0.05) is 28.4 Å². The van der Waals surface area contributed by atoms with Crippen molar-refractivity contribution in [3.05, 3.63) is 45.3 Å². The molecule has 2 aromatic rings. The molecule has 0 radical (unpaired) electrons. The molecule has 1 heterocycles.